The van der Waals surface area contributed by atoms with Crippen LogP contribution in [0.15, 0.2) is 18.2 Å². The van der Waals surface area contributed by atoms with Crippen LogP contribution in [-0.4, -0.2) is 6.61 Å². The zero-order valence-corrected chi connectivity index (χ0v) is 11.8. The van der Waals surface area contributed by atoms with Crippen molar-refractivity contribution in [1.29, 1.82) is 0 Å². The Kier molecular flexibility index (Phi) is 3.27. The van der Waals surface area contributed by atoms with Crippen molar-refractivity contribution in [2.75, 3.05) is 6.61 Å². The molecule has 1 fully saturated rings. The van der Waals surface area contributed by atoms with Crippen molar-refractivity contribution >= 4 is 11.6 Å². The monoisotopic (exact) mass is 264 g/mol. The average molecular weight is 265 g/mol. The summed E-state index contributed by atoms with van der Waals surface area (Å²) in [6, 6.07) is 6.54. The van der Waals surface area contributed by atoms with Gasteiger partial charge >= 0.3 is 0 Å². The molecule has 3 rings (SSSR count). The van der Waals surface area contributed by atoms with Gasteiger partial charge in [0.05, 0.1) is 12.0 Å². The number of halogens is 1. The molecule has 0 aromatic heterocycles. The van der Waals surface area contributed by atoms with Crippen molar-refractivity contribution in [3.63, 3.8) is 0 Å². The van der Waals surface area contributed by atoms with Crippen molar-refractivity contribution < 1.29 is 4.74 Å². The van der Waals surface area contributed by atoms with Gasteiger partial charge in [0, 0.05) is 6.42 Å². The van der Waals surface area contributed by atoms with E-state index in [2.05, 4.69) is 25.1 Å². The molecule has 1 atom stereocenters. The highest BCUT2D eigenvalue weighted by molar-refractivity contribution is 6.21. The lowest BCUT2D eigenvalue weighted by molar-refractivity contribution is 0.271. The molecule has 1 nitrogen and oxygen atoms in total. The quantitative estimate of drug-likeness (QED) is 0.708. The summed E-state index contributed by atoms with van der Waals surface area (Å²) in [4.78, 5) is 0. The molecule has 1 aromatic carbocycles. The summed E-state index contributed by atoms with van der Waals surface area (Å²) in [7, 11) is 0. The predicted octanol–water partition coefficient (Wildman–Crippen LogP) is 4.87. The number of hydrogen-bond acceptors (Lipinski definition) is 1. The fourth-order valence-electron chi connectivity index (χ4n) is 3.58. The highest BCUT2D eigenvalue weighted by atomic mass is 35.5. The Labute approximate surface area is 114 Å². The predicted molar refractivity (Wildman–Crippen MR) is 75.4 cm³/mol. The molecular formula is C16H21ClO. The molecule has 1 saturated carbocycles. The maximum absolute atomic E-state index is 6.83. The minimum Gasteiger partial charge on any atom is -0.493 e. The first kappa shape index (κ1) is 12.3. The Balaban J connectivity index is 1.89. The smallest absolute Gasteiger partial charge is 0.122 e. The van der Waals surface area contributed by atoms with Crippen molar-refractivity contribution in [3.8, 4) is 5.75 Å². The minimum atomic E-state index is 0.163. The summed E-state index contributed by atoms with van der Waals surface area (Å²) in [5.41, 5.74) is 2.96. The Morgan fingerprint density at radius 3 is 2.83 bits per heavy atom. The maximum Gasteiger partial charge on any atom is 0.122 e. The third kappa shape index (κ3) is 1.93. The normalized spacial score (nSPS) is 22.6. The number of ether oxygens (including phenoxy) is 1. The first-order valence-corrected chi connectivity index (χ1v) is 7.58. The molecule has 2 heteroatoms. The second kappa shape index (κ2) is 4.77. The van der Waals surface area contributed by atoms with Gasteiger partial charge in [-0.3, -0.25) is 0 Å². The third-order valence-corrected chi connectivity index (χ3v) is 5.56. The zero-order valence-electron chi connectivity index (χ0n) is 11.0. The molecule has 18 heavy (non-hydrogen) atoms. The fraction of sp³-hybridized carbons (Fsp3) is 0.625. The van der Waals surface area contributed by atoms with Crippen molar-refractivity contribution in [2.24, 2.45) is 5.41 Å². The van der Waals surface area contributed by atoms with Crippen LogP contribution in [0.25, 0.3) is 0 Å². The lowest BCUT2D eigenvalue weighted by Crippen LogP contribution is -2.21. The molecule has 0 radical (unpaired) electrons. The number of alkyl halides is 1. The van der Waals surface area contributed by atoms with E-state index < -0.39 is 0 Å². The van der Waals surface area contributed by atoms with Crippen LogP contribution in [0.3, 0.4) is 0 Å². The van der Waals surface area contributed by atoms with E-state index in [9.17, 15) is 0 Å². The Morgan fingerprint density at radius 2 is 2.11 bits per heavy atom. The number of hydrogen-bond donors (Lipinski definition) is 0. The molecule has 1 aliphatic carbocycles. The molecule has 1 aliphatic heterocycles. The summed E-state index contributed by atoms with van der Waals surface area (Å²) < 4.78 is 5.57. The van der Waals surface area contributed by atoms with Gasteiger partial charge in [-0.05, 0) is 41.9 Å². The molecular weight excluding hydrogens is 244 g/mol. The van der Waals surface area contributed by atoms with E-state index in [4.69, 9.17) is 16.3 Å². The molecule has 1 unspecified atom stereocenters. The molecule has 98 valence electrons. The number of rotatable bonds is 3. The Hall–Kier alpha value is -0.690. The lowest BCUT2D eigenvalue weighted by atomic mass is 9.77. The van der Waals surface area contributed by atoms with E-state index in [1.807, 2.05) is 0 Å². The van der Waals surface area contributed by atoms with Gasteiger partial charge in [0.15, 0.2) is 0 Å². The van der Waals surface area contributed by atoms with Gasteiger partial charge in [-0.1, -0.05) is 31.9 Å². The molecule has 0 spiro atoms. The topological polar surface area (TPSA) is 9.23 Å². The lowest BCUT2D eigenvalue weighted by Gasteiger charge is -2.33. The SMILES string of the molecule is CCC1(C(Cl)c2ccc3c(c2)CCO3)CCCC1. The van der Waals surface area contributed by atoms with E-state index in [0.717, 1.165) is 18.8 Å². The second-order valence-electron chi connectivity index (χ2n) is 5.75. The molecule has 1 aromatic rings. The molecule has 0 N–H and O–H groups in total. The van der Waals surface area contributed by atoms with E-state index in [0.29, 0.717) is 5.41 Å². The average Bonchev–Trinajstić information content (AvgIpc) is 3.06. The van der Waals surface area contributed by atoms with Gasteiger partial charge in [0.1, 0.15) is 5.75 Å². The summed E-state index contributed by atoms with van der Waals surface area (Å²) in [5, 5.41) is 0.163. The minimum absolute atomic E-state index is 0.163. The van der Waals surface area contributed by atoms with Crippen molar-refractivity contribution in [1.82, 2.24) is 0 Å². The first-order chi connectivity index (χ1) is 8.75. The van der Waals surface area contributed by atoms with Gasteiger partial charge in [-0.2, -0.15) is 0 Å². The highest BCUT2D eigenvalue weighted by Crippen LogP contribution is 2.53. The van der Waals surface area contributed by atoms with Gasteiger partial charge in [-0.25, -0.2) is 0 Å². The molecule has 1 heterocycles. The number of fused-ring (bicyclic) bond motifs is 1. The van der Waals surface area contributed by atoms with Gasteiger partial charge in [-0.15, -0.1) is 11.6 Å². The van der Waals surface area contributed by atoms with Crippen LogP contribution in [0.1, 0.15) is 55.5 Å². The van der Waals surface area contributed by atoms with Crippen molar-refractivity contribution in [3.05, 3.63) is 29.3 Å². The van der Waals surface area contributed by atoms with E-state index in [1.165, 1.54) is 43.2 Å². The Morgan fingerprint density at radius 1 is 1.33 bits per heavy atom. The van der Waals surface area contributed by atoms with Crippen LogP contribution >= 0.6 is 11.6 Å². The summed E-state index contributed by atoms with van der Waals surface area (Å²) >= 11 is 6.83. The summed E-state index contributed by atoms with van der Waals surface area (Å²) in [5.74, 6) is 1.06. The van der Waals surface area contributed by atoms with Crippen molar-refractivity contribution in [2.45, 2.75) is 50.8 Å². The van der Waals surface area contributed by atoms with Crippen LogP contribution < -0.4 is 4.74 Å². The van der Waals surface area contributed by atoms with E-state index >= 15 is 0 Å². The second-order valence-corrected chi connectivity index (χ2v) is 6.19. The highest BCUT2D eigenvalue weighted by Gasteiger charge is 2.39. The van der Waals surface area contributed by atoms with Crippen LogP contribution in [0.2, 0.25) is 0 Å². The van der Waals surface area contributed by atoms with E-state index in [-0.39, 0.29) is 5.38 Å². The first-order valence-electron chi connectivity index (χ1n) is 7.15. The Bertz CT molecular complexity index is 435. The van der Waals surface area contributed by atoms with Crippen LogP contribution in [0, 0.1) is 5.41 Å². The van der Waals surface area contributed by atoms with Crippen LogP contribution in [0.5, 0.6) is 5.75 Å². The summed E-state index contributed by atoms with van der Waals surface area (Å²) in [6.07, 6.45) is 7.47. The molecule has 2 aliphatic rings. The van der Waals surface area contributed by atoms with Gasteiger partial charge in [0.25, 0.3) is 0 Å². The third-order valence-electron chi connectivity index (χ3n) is 4.85. The zero-order chi connectivity index (χ0) is 12.6. The van der Waals surface area contributed by atoms with Gasteiger partial charge in [0.2, 0.25) is 0 Å². The van der Waals surface area contributed by atoms with Gasteiger partial charge < -0.3 is 4.74 Å². The number of benzene rings is 1. The maximum atomic E-state index is 6.83. The molecule has 0 amide bonds. The summed E-state index contributed by atoms with van der Waals surface area (Å²) in [6.45, 7) is 3.11. The fourth-order valence-corrected chi connectivity index (χ4v) is 4.09. The van der Waals surface area contributed by atoms with E-state index in [1.54, 1.807) is 0 Å². The molecule has 0 bridgehead atoms. The largest absolute Gasteiger partial charge is 0.493 e. The van der Waals surface area contributed by atoms with Crippen LogP contribution in [-0.2, 0) is 6.42 Å². The standard InChI is InChI=1S/C16H21ClO/c1-2-16(8-3-4-9-16)15(17)13-5-6-14-12(11-13)7-10-18-14/h5-6,11,15H,2-4,7-10H2,1H3. The van der Waals surface area contributed by atoms with Crippen LogP contribution in [0.4, 0.5) is 0 Å². The molecule has 0 saturated heterocycles.